The fourth-order valence-corrected chi connectivity index (χ4v) is 4.46. The Kier molecular flexibility index (Phi) is 6.93. The predicted molar refractivity (Wildman–Crippen MR) is 111 cm³/mol. The van der Waals surface area contributed by atoms with E-state index in [0.717, 1.165) is 37.4 Å². The van der Waals surface area contributed by atoms with E-state index in [1.165, 1.54) is 5.69 Å². The van der Waals surface area contributed by atoms with Crippen LogP contribution in [0.2, 0.25) is 0 Å². The van der Waals surface area contributed by atoms with Crippen LogP contribution in [0.5, 0.6) is 5.75 Å². The Morgan fingerprint density at radius 1 is 1.11 bits per heavy atom. The lowest BCUT2D eigenvalue weighted by Gasteiger charge is -2.28. The Balaban J connectivity index is 1.60. The average molecular weight is 405 g/mol. The van der Waals surface area contributed by atoms with Gasteiger partial charge >= 0.3 is 0 Å². The Morgan fingerprint density at radius 2 is 1.82 bits per heavy atom. The summed E-state index contributed by atoms with van der Waals surface area (Å²) in [5.74, 6) is 0.385. The van der Waals surface area contributed by atoms with Crippen molar-refractivity contribution in [3.63, 3.8) is 0 Å². The lowest BCUT2D eigenvalue weighted by molar-refractivity contribution is 0.122. The second kappa shape index (κ2) is 9.41. The van der Waals surface area contributed by atoms with Crippen LogP contribution in [0.4, 0.5) is 5.69 Å². The van der Waals surface area contributed by atoms with Crippen LogP contribution in [0.15, 0.2) is 47.4 Å². The van der Waals surface area contributed by atoms with Crippen molar-refractivity contribution in [1.29, 1.82) is 0 Å². The molecule has 0 unspecified atom stereocenters. The molecule has 0 spiro atoms. The highest BCUT2D eigenvalue weighted by Crippen LogP contribution is 2.25. The molecule has 0 aromatic heterocycles. The number of hydrogen-bond acceptors (Lipinski definition) is 5. The first-order valence-electron chi connectivity index (χ1n) is 9.64. The van der Waals surface area contributed by atoms with Crippen LogP contribution >= 0.6 is 0 Å². The maximum Gasteiger partial charge on any atom is 0.244 e. The van der Waals surface area contributed by atoms with Gasteiger partial charge in [-0.3, -0.25) is 0 Å². The zero-order valence-electron chi connectivity index (χ0n) is 16.5. The SMILES string of the molecule is CCOc1ccc(C)cc1S(=O)(=O)NCCc1ccc(N2CCOCC2)cc1. The molecule has 0 radical (unpaired) electrons. The largest absolute Gasteiger partial charge is 0.492 e. The van der Waals surface area contributed by atoms with Crippen LogP contribution in [0.1, 0.15) is 18.1 Å². The standard InChI is InChI=1S/C21H28N2O4S/c1-3-27-20-9-4-17(2)16-21(20)28(24,25)22-11-10-18-5-7-19(8-6-18)23-12-14-26-15-13-23/h4-9,16,22H,3,10-15H2,1-2H3. The molecule has 0 bridgehead atoms. The van der Waals surface area contributed by atoms with Crippen molar-refractivity contribution in [1.82, 2.24) is 4.72 Å². The number of sulfonamides is 1. The molecule has 2 aromatic rings. The van der Waals surface area contributed by atoms with E-state index in [4.69, 9.17) is 9.47 Å². The fourth-order valence-electron chi connectivity index (χ4n) is 3.20. The van der Waals surface area contributed by atoms with Crippen LogP contribution in [0.25, 0.3) is 0 Å². The molecule has 3 rings (SSSR count). The van der Waals surface area contributed by atoms with Gasteiger partial charge in [-0.1, -0.05) is 18.2 Å². The van der Waals surface area contributed by atoms with E-state index < -0.39 is 10.0 Å². The summed E-state index contributed by atoms with van der Waals surface area (Å²) in [5, 5.41) is 0. The molecule has 1 aliphatic heterocycles. The van der Waals surface area contributed by atoms with E-state index >= 15 is 0 Å². The third-order valence-electron chi connectivity index (χ3n) is 4.71. The predicted octanol–water partition coefficient (Wildman–Crippen LogP) is 2.75. The van der Waals surface area contributed by atoms with E-state index in [1.54, 1.807) is 12.1 Å². The minimum Gasteiger partial charge on any atom is -0.492 e. The molecule has 0 saturated carbocycles. The molecule has 0 amide bonds. The number of nitrogens with one attached hydrogen (secondary N) is 1. The van der Waals surface area contributed by atoms with Crippen molar-refractivity contribution in [3.05, 3.63) is 53.6 Å². The Labute approximate surface area is 167 Å². The molecule has 6 nitrogen and oxygen atoms in total. The van der Waals surface area contributed by atoms with Gasteiger partial charge in [-0.05, 0) is 55.7 Å². The average Bonchev–Trinajstić information content (AvgIpc) is 2.70. The number of ether oxygens (including phenoxy) is 2. The number of nitrogens with zero attached hydrogens (tertiary/aromatic N) is 1. The van der Waals surface area contributed by atoms with Gasteiger partial charge in [0.25, 0.3) is 0 Å². The number of aryl methyl sites for hydroxylation is 1. The second-order valence-electron chi connectivity index (χ2n) is 6.80. The first-order valence-corrected chi connectivity index (χ1v) is 11.1. The van der Waals surface area contributed by atoms with E-state index in [-0.39, 0.29) is 4.90 Å². The topological polar surface area (TPSA) is 67.9 Å². The van der Waals surface area contributed by atoms with Crippen molar-refractivity contribution in [3.8, 4) is 5.75 Å². The van der Waals surface area contributed by atoms with Gasteiger partial charge in [0.15, 0.2) is 0 Å². The molecule has 0 aliphatic carbocycles. The highest BCUT2D eigenvalue weighted by atomic mass is 32.2. The van der Waals surface area contributed by atoms with Crippen molar-refractivity contribution >= 4 is 15.7 Å². The second-order valence-corrected chi connectivity index (χ2v) is 8.53. The number of rotatable bonds is 8. The summed E-state index contributed by atoms with van der Waals surface area (Å²) >= 11 is 0. The number of morpholine rings is 1. The molecule has 1 N–H and O–H groups in total. The number of hydrogen-bond donors (Lipinski definition) is 1. The maximum atomic E-state index is 12.7. The van der Waals surface area contributed by atoms with E-state index in [1.807, 2.05) is 19.9 Å². The van der Waals surface area contributed by atoms with Crippen molar-refractivity contribution in [2.24, 2.45) is 0 Å². The molecule has 28 heavy (non-hydrogen) atoms. The highest BCUT2D eigenvalue weighted by molar-refractivity contribution is 7.89. The fraction of sp³-hybridized carbons (Fsp3) is 0.429. The molecule has 1 saturated heterocycles. The molecular weight excluding hydrogens is 376 g/mol. The van der Waals surface area contributed by atoms with Gasteiger partial charge in [0, 0.05) is 25.3 Å². The van der Waals surface area contributed by atoms with Gasteiger partial charge in [0.2, 0.25) is 10.0 Å². The molecule has 152 valence electrons. The summed E-state index contributed by atoms with van der Waals surface area (Å²) in [6.07, 6.45) is 0.623. The Hall–Kier alpha value is -2.09. The van der Waals surface area contributed by atoms with Gasteiger partial charge in [-0.2, -0.15) is 0 Å². The maximum absolute atomic E-state index is 12.7. The number of anilines is 1. The molecule has 0 atom stereocenters. The zero-order valence-corrected chi connectivity index (χ0v) is 17.3. The van der Waals surface area contributed by atoms with E-state index in [9.17, 15) is 8.42 Å². The van der Waals surface area contributed by atoms with Crippen LogP contribution < -0.4 is 14.4 Å². The summed E-state index contributed by atoms with van der Waals surface area (Å²) < 4.78 is 39.0. The lowest BCUT2D eigenvalue weighted by Crippen LogP contribution is -2.36. The van der Waals surface area contributed by atoms with Crippen LogP contribution in [0.3, 0.4) is 0 Å². The Bertz CT molecular complexity index is 876. The quantitative estimate of drug-likeness (QED) is 0.733. The normalized spacial score (nSPS) is 14.9. The van der Waals surface area contributed by atoms with Crippen molar-refractivity contribution < 1.29 is 17.9 Å². The van der Waals surface area contributed by atoms with Gasteiger partial charge in [0.1, 0.15) is 10.6 Å². The molecule has 2 aromatic carbocycles. The van der Waals surface area contributed by atoms with Gasteiger partial charge in [0.05, 0.1) is 19.8 Å². The Morgan fingerprint density at radius 3 is 2.50 bits per heavy atom. The first kappa shape index (κ1) is 20.6. The highest BCUT2D eigenvalue weighted by Gasteiger charge is 2.19. The van der Waals surface area contributed by atoms with Crippen molar-refractivity contribution in [2.45, 2.75) is 25.2 Å². The molecule has 1 aliphatic rings. The molecule has 1 heterocycles. The monoisotopic (exact) mass is 404 g/mol. The third-order valence-corrected chi connectivity index (χ3v) is 6.19. The smallest absolute Gasteiger partial charge is 0.244 e. The summed E-state index contributed by atoms with van der Waals surface area (Å²) in [6.45, 7) is 7.77. The van der Waals surface area contributed by atoms with Crippen LogP contribution in [-0.2, 0) is 21.2 Å². The summed E-state index contributed by atoms with van der Waals surface area (Å²) in [4.78, 5) is 2.49. The summed E-state index contributed by atoms with van der Waals surface area (Å²) in [7, 11) is -3.63. The number of benzene rings is 2. The van der Waals surface area contributed by atoms with Gasteiger partial charge in [-0.25, -0.2) is 13.1 Å². The zero-order chi connectivity index (χ0) is 20.0. The molecular formula is C21H28N2O4S. The molecule has 1 fully saturated rings. The van der Waals surface area contributed by atoms with E-state index in [0.29, 0.717) is 25.3 Å². The summed E-state index contributed by atoms with van der Waals surface area (Å²) in [6, 6.07) is 13.5. The third kappa shape index (κ3) is 5.25. The van der Waals surface area contributed by atoms with E-state index in [2.05, 4.69) is 33.9 Å². The molecule has 7 heteroatoms. The van der Waals surface area contributed by atoms with Gasteiger partial charge in [-0.15, -0.1) is 0 Å². The minimum atomic E-state index is -3.63. The van der Waals surface area contributed by atoms with Crippen LogP contribution in [-0.4, -0.2) is 47.9 Å². The minimum absolute atomic E-state index is 0.192. The van der Waals surface area contributed by atoms with Crippen molar-refractivity contribution in [2.75, 3.05) is 44.4 Å². The van der Waals surface area contributed by atoms with Gasteiger partial charge < -0.3 is 14.4 Å². The van der Waals surface area contributed by atoms with Crippen LogP contribution in [0, 0.1) is 6.92 Å². The first-order chi connectivity index (χ1) is 13.5. The lowest BCUT2D eigenvalue weighted by atomic mass is 10.1. The summed E-state index contributed by atoms with van der Waals surface area (Å²) in [5.41, 5.74) is 3.14.